The standard InChI is InChI=1S/C30H21N5O2/c1-36-27-14-9-15-28(37-2)23(27)16-22(18-31)29-24(19-32)30-33-25(20-10-5-3-6-11-20)17-26(35(30)34-29)21-12-7-4-8-13-21/h3-17H,1-2H3. The Hall–Kier alpha value is -5.40. The van der Waals surface area contributed by atoms with Gasteiger partial charge in [-0.1, -0.05) is 66.7 Å². The van der Waals surface area contributed by atoms with Crippen molar-refractivity contribution in [3.05, 3.63) is 102 Å². The first-order chi connectivity index (χ1) is 18.2. The highest BCUT2D eigenvalue weighted by Gasteiger charge is 2.22. The van der Waals surface area contributed by atoms with E-state index in [9.17, 15) is 10.5 Å². The largest absolute Gasteiger partial charge is 0.496 e. The minimum absolute atomic E-state index is 0.185. The zero-order valence-corrected chi connectivity index (χ0v) is 20.2. The van der Waals surface area contributed by atoms with Crippen molar-refractivity contribution in [3.63, 3.8) is 0 Å². The second-order valence-electron chi connectivity index (χ2n) is 8.08. The molecule has 5 aromatic rings. The van der Waals surface area contributed by atoms with E-state index in [1.807, 2.05) is 66.7 Å². The summed E-state index contributed by atoms with van der Waals surface area (Å²) in [5.74, 6) is 1.06. The molecule has 2 aromatic heterocycles. The maximum atomic E-state index is 10.2. The van der Waals surface area contributed by atoms with Crippen LogP contribution in [0, 0.1) is 22.7 Å². The number of rotatable bonds is 6. The maximum Gasteiger partial charge on any atom is 0.174 e. The summed E-state index contributed by atoms with van der Waals surface area (Å²) in [4.78, 5) is 4.81. The molecular formula is C30H21N5O2. The van der Waals surface area contributed by atoms with Gasteiger partial charge in [-0.25, -0.2) is 9.50 Å². The summed E-state index contributed by atoms with van der Waals surface area (Å²) in [6.45, 7) is 0. The van der Waals surface area contributed by atoms with E-state index < -0.39 is 0 Å². The molecule has 178 valence electrons. The summed E-state index contributed by atoms with van der Waals surface area (Å²) in [6, 6.07) is 31.2. The quantitative estimate of drug-likeness (QED) is 0.274. The second kappa shape index (κ2) is 10.1. The van der Waals surface area contributed by atoms with Gasteiger partial charge in [-0.2, -0.15) is 15.6 Å². The molecule has 0 spiro atoms. The summed E-state index contributed by atoms with van der Waals surface area (Å²) in [6.07, 6.45) is 1.63. The molecule has 0 aliphatic heterocycles. The molecule has 0 N–H and O–H groups in total. The van der Waals surface area contributed by atoms with Crippen molar-refractivity contribution in [2.45, 2.75) is 0 Å². The smallest absolute Gasteiger partial charge is 0.174 e. The van der Waals surface area contributed by atoms with Gasteiger partial charge in [0.1, 0.15) is 34.9 Å². The van der Waals surface area contributed by atoms with E-state index in [2.05, 4.69) is 12.1 Å². The minimum atomic E-state index is 0.185. The Kier molecular flexibility index (Phi) is 6.35. The van der Waals surface area contributed by atoms with Gasteiger partial charge in [0.25, 0.3) is 0 Å². The molecule has 5 rings (SSSR count). The lowest BCUT2D eigenvalue weighted by Gasteiger charge is -2.10. The number of benzene rings is 3. The monoisotopic (exact) mass is 483 g/mol. The number of hydrogen-bond donors (Lipinski definition) is 0. The van der Waals surface area contributed by atoms with E-state index in [0.29, 0.717) is 28.4 Å². The Morgan fingerprint density at radius 2 is 1.46 bits per heavy atom. The molecule has 0 amide bonds. The summed E-state index contributed by atoms with van der Waals surface area (Å²) in [5, 5.41) is 25.1. The zero-order valence-electron chi connectivity index (χ0n) is 20.2. The molecule has 0 unspecified atom stereocenters. The first kappa shape index (κ1) is 23.3. The van der Waals surface area contributed by atoms with Crippen LogP contribution in [-0.4, -0.2) is 28.8 Å². The van der Waals surface area contributed by atoms with E-state index in [0.717, 1.165) is 16.8 Å². The zero-order chi connectivity index (χ0) is 25.8. The fourth-order valence-electron chi connectivity index (χ4n) is 4.20. The van der Waals surface area contributed by atoms with E-state index in [1.54, 1.807) is 43.0 Å². The number of fused-ring (bicyclic) bond motifs is 1. The van der Waals surface area contributed by atoms with Gasteiger partial charge in [-0.05, 0) is 24.3 Å². The Labute approximate surface area is 214 Å². The molecule has 0 atom stereocenters. The fourth-order valence-corrected chi connectivity index (χ4v) is 4.20. The topological polar surface area (TPSA) is 96.2 Å². The lowest BCUT2D eigenvalue weighted by atomic mass is 10.0. The van der Waals surface area contributed by atoms with Crippen molar-refractivity contribution >= 4 is 17.3 Å². The first-order valence-electron chi connectivity index (χ1n) is 11.5. The van der Waals surface area contributed by atoms with Gasteiger partial charge in [0, 0.05) is 11.1 Å². The third-order valence-corrected chi connectivity index (χ3v) is 5.97. The van der Waals surface area contributed by atoms with Gasteiger partial charge in [-0.15, -0.1) is 0 Å². The van der Waals surface area contributed by atoms with Gasteiger partial charge in [0.15, 0.2) is 5.65 Å². The molecule has 7 heteroatoms. The highest BCUT2D eigenvalue weighted by atomic mass is 16.5. The lowest BCUT2D eigenvalue weighted by molar-refractivity contribution is 0.392. The minimum Gasteiger partial charge on any atom is -0.496 e. The number of nitriles is 2. The molecule has 0 saturated heterocycles. The van der Waals surface area contributed by atoms with Crippen molar-refractivity contribution in [1.29, 1.82) is 10.5 Å². The van der Waals surface area contributed by atoms with Gasteiger partial charge in [-0.3, -0.25) is 0 Å². The van der Waals surface area contributed by atoms with Gasteiger partial charge < -0.3 is 9.47 Å². The van der Waals surface area contributed by atoms with Crippen LogP contribution in [0.3, 0.4) is 0 Å². The molecule has 2 heterocycles. The summed E-state index contributed by atoms with van der Waals surface area (Å²) in [7, 11) is 3.09. The molecule has 0 bridgehead atoms. The molecular weight excluding hydrogens is 462 g/mol. The molecule has 0 saturated carbocycles. The summed E-state index contributed by atoms with van der Waals surface area (Å²) >= 11 is 0. The Balaban J connectivity index is 1.81. The van der Waals surface area contributed by atoms with E-state index >= 15 is 0 Å². The fraction of sp³-hybridized carbons (Fsp3) is 0.0667. The second-order valence-corrected chi connectivity index (χ2v) is 8.08. The number of aromatic nitrogens is 3. The molecule has 0 aliphatic rings. The van der Waals surface area contributed by atoms with Crippen molar-refractivity contribution in [1.82, 2.24) is 14.6 Å². The highest BCUT2D eigenvalue weighted by Crippen LogP contribution is 2.34. The van der Waals surface area contributed by atoms with E-state index in [4.69, 9.17) is 19.6 Å². The van der Waals surface area contributed by atoms with E-state index in [1.165, 1.54) is 0 Å². The van der Waals surface area contributed by atoms with Crippen molar-refractivity contribution in [2.75, 3.05) is 14.2 Å². The first-order valence-corrected chi connectivity index (χ1v) is 11.5. The maximum absolute atomic E-state index is 10.2. The van der Waals surface area contributed by atoms with Crippen LogP contribution in [-0.2, 0) is 0 Å². The molecule has 0 aliphatic carbocycles. The average Bonchev–Trinajstić information content (AvgIpc) is 3.34. The van der Waals surface area contributed by atoms with Crippen molar-refractivity contribution < 1.29 is 9.47 Å². The number of methoxy groups -OCH3 is 2. The van der Waals surface area contributed by atoms with Crippen molar-refractivity contribution in [3.8, 4) is 46.2 Å². The molecule has 37 heavy (non-hydrogen) atoms. The van der Waals surface area contributed by atoms with Gasteiger partial charge in [0.05, 0.1) is 36.7 Å². The number of allylic oxidation sites excluding steroid dienone is 1. The Morgan fingerprint density at radius 1 is 0.838 bits per heavy atom. The summed E-state index contributed by atoms with van der Waals surface area (Å²) < 4.78 is 12.6. The van der Waals surface area contributed by atoms with Gasteiger partial charge >= 0.3 is 0 Å². The SMILES string of the molecule is COc1cccc(OC)c1C=C(C#N)c1nn2c(-c3ccccc3)cc(-c3ccccc3)nc2c1C#N. The lowest BCUT2D eigenvalue weighted by Crippen LogP contribution is -1.99. The Morgan fingerprint density at radius 3 is 2.03 bits per heavy atom. The molecule has 0 fully saturated rings. The van der Waals surface area contributed by atoms with Gasteiger partial charge in [0.2, 0.25) is 0 Å². The van der Waals surface area contributed by atoms with Crippen LogP contribution in [0.4, 0.5) is 0 Å². The van der Waals surface area contributed by atoms with Crippen molar-refractivity contribution in [2.24, 2.45) is 0 Å². The van der Waals surface area contributed by atoms with Crippen LogP contribution < -0.4 is 9.47 Å². The third kappa shape index (κ3) is 4.27. The van der Waals surface area contributed by atoms with Crippen LogP contribution in [0.5, 0.6) is 11.5 Å². The normalized spacial score (nSPS) is 11.1. The van der Waals surface area contributed by atoms with Crippen LogP contribution in [0.25, 0.3) is 39.8 Å². The van der Waals surface area contributed by atoms with Crippen LogP contribution >= 0.6 is 0 Å². The number of hydrogen-bond acceptors (Lipinski definition) is 6. The predicted molar refractivity (Wildman–Crippen MR) is 142 cm³/mol. The molecule has 7 nitrogen and oxygen atoms in total. The average molecular weight is 484 g/mol. The number of ether oxygens (including phenoxy) is 2. The highest BCUT2D eigenvalue weighted by molar-refractivity contribution is 5.94. The van der Waals surface area contributed by atoms with Crippen LogP contribution in [0.15, 0.2) is 84.9 Å². The Bertz CT molecular complexity index is 1690. The number of nitrogens with zero attached hydrogens (tertiary/aromatic N) is 5. The van der Waals surface area contributed by atoms with E-state index in [-0.39, 0.29) is 16.8 Å². The molecule has 0 radical (unpaired) electrons. The van der Waals surface area contributed by atoms with Crippen LogP contribution in [0.2, 0.25) is 0 Å². The summed E-state index contributed by atoms with van der Waals surface area (Å²) in [5.41, 5.74) is 4.82. The predicted octanol–water partition coefficient (Wildman–Crippen LogP) is 6.02. The van der Waals surface area contributed by atoms with Crippen LogP contribution in [0.1, 0.15) is 16.8 Å². The molecule has 3 aromatic carbocycles. The third-order valence-electron chi connectivity index (χ3n) is 5.97.